The van der Waals surface area contributed by atoms with Crippen molar-refractivity contribution in [2.45, 2.75) is 19.8 Å². The van der Waals surface area contributed by atoms with Crippen LogP contribution in [-0.2, 0) is 0 Å². The fraction of sp³-hybridized carbons (Fsp3) is 0.222. The van der Waals surface area contributed by atoms with Gasteiger partial charge in [-0.25, -0.2) is 4.98 Å². The highest BCUT2D eigenvalue weighted by Crippen LogP contribution is 2.27. The van der Waals surface area contributed by atoms with E-state index in [1.807, 2.05) is 43.3 Å². The minimum atomic E-state index is -0.654. The van der Waals surface area contributed by atoms with Crippen molar-refractivity contribution < 1.29 is 14.4 Å². The van der Waals surface area contributed by atoms with Crippen LogP contribution in [0.25, 0.3) is 32.9 Å². The molecule has 10 nitrogen and oxygen atoms in total. The lowest BCUT2D eigenvalue weighted by atomic mass is 10.1. The van der Waals surface area contributed by atoms with Crippen molar-refractivity contribution in [2.24, 2.45) is 5.11 Å². The molecule has 2 amide bonds. The van der Waals surface area contributed by atoms with E-state index in [1.54, 1.807) is 35.1 Å². The Morgan fingerprint density at radius 3 is 2.41 bits per heavy atom. The zero-order valence-corrected chi connectivity index (χ0v) is 20.3. The van der Waals surface area contributed by atoms with Crippen molar-refractivity contribution in [3.63, 3.8) is 0 Å². The first-order valence-corrected chi connectivity index (χ1v) is 12.1. The van der Waals surface area contributed by atoms with Crippen LogP contribution in [0, 0.1) is 0 Å². The van der Waals surface area contributed by atoms with E-state index in [1.165, 1.54) is 12.8 Å². The van der Waals surface area contributed by atoms with Crippen LogP contribution in [0.1, 0.15) is 40.5 Å². The Morgan fingerprint density at radius 2 is 1.73 bits per heavy atom. The molecule has 0 radical (unpaired) electrons. The van der Waals surface area contributed by atoms with E-state index >= 15 is 0 Å². The van der Waals surface area contributed by atoms with Crippen molar-refractivity contribution in [3.05, 3.63) is 88.3 Å². The highest BCUT2D eigenvalue weighted by atomic mass is 16.7. The quantitative estimate of drug-likeness (QED) is 0.207. The number of rotatable bonds is 7. The summed E-state index contributed by atoms with van der Waals surface area (Å²) >= 11 is 0. The lowest BCUT2D eigenvalue weighted by Gasteiger charge is -2.17. The summed E-state index contributed by atoms with van der Waals surface area (Å²) in [7, 11) is 0. The van der Waals surface area contributed by atoms with Gasteiger partial charge < -0.3 is 15.1 Å². The predicted molar refractivity (Wildman–Crippen MR) is 142 cm³/mol. The molecule has 3 aromatic carbocycles. The molecule has 4 aromatic rings. The molecule has 1 aliphatic rings. The Balaban J connectivity index is 1.39. The fourth-order valence-corrected chi connectivity index (χ4v) is 4.44. The van der Waals surface area contributed by atoms with Gasteiger partial charge in [0, 0.05) is 46.1 Å². The van der Waals surface area contributed by atoms with Gasteiger partial charge in [-0.05, 0) is 72.9 Å². The molecule has 0 atom stereocenters. The second-order valence-electron chi connectivity index (χ2n) is 8.62. The van der Waals surface area contributed by atoms with E-state index in [2.05, 4.69) is 20.2 Å². The Bertz CT molecular complexity index is 1500. The molecule has 5 rings (SSSR count). The van der Waals surface area contributed by atoms with Gasteiger partial charge in [0.25, 0.3) is 5.91 Å². The second kappa shape index (κ2) is 10.4. The zero-order valence-electron chi connectivity index (χ0n) is 20.3. The molecule has 1 aliphatic heterocycles. The maximum atomic E-state index is 12.9. The molecule has 1 aromatic heterocycles. The topological polar surface area (TPSA) is 125 Å². The molecule has 2 heterocycles. The van der Waals surface area contributed by atoms with Gasteiger partial charge in [0.2, 0.25) is 5.91 Å². The number of nitrogens with one attached hydrogen (secondary N) is 1. The summed E-state index contributed by atoms with van der Waals surface area (Å²) in [6, 6.07) is 19.7. The van der Waals surface area contributed by atoms with Crippen LogP contribution in [0.4, 0.5) is 11.4 Å². The molecule has 1 N–H and O–H groups in total. The number of amides is 2. The summed E-state index contributed by atoms with van der Waals surface area (Å²) in [5, 5.41) is 6.07. The van der Waals surface area contributed by atoms with Gasteiger partial charge in [-0.3, -0.25) is 9.59 Å². The van der Waals surface area contributed by atoms with E-state index < -0.39 is 5.91 Å². The number of aromatic nitrogens is 2. The highest BCUT2D eigenvalue weighted by Gasteiger charge is 2.17. The van der Waals surface area contributed by atoms with Crippen LogP contribution < -0.4 is 15.1 Å². The molecule has 0 spiro atoms. The minimum absolute atomic E-state index is 0.197. The van der Waals surface area contributed by atoms with Crippen LogP contribution in [0.3, 0.4) is 0 Å². The number of anilines is 2. The molecule has 0 bridgehead atoms. The minimum Gasteiger partial charge on any atom is -0.412 e. The third-order valence-corrected chi connectivity index (χ3v) is 6.26. The summed E-state index contributed by atoms with van der Waals surface area (Å²) in [6.07, 6.45) is 2.40. The molecule has 1 fully saturated rings. The number of imidazole rings is 1. The molecular weight excluding hydrogens is 470 g/mol. The van der Waals surface area contributed by atoms with Crippen LogP contribution >= 0.6 is 0 Å². The summed E-state index contributed by atoms with van der Waals surface area (Å²) in [5.41, 5.74) is 13.2. The lowest BCUT2D eigenvalue weighted by Crippen LogP contribution is -2.18. The van der Waals surface area contributed by atoms with E-state index in [-0.39, 0.29) is 11.5 Å². The molecule has 0 saturated carbocycles. The van der Waals surface area contributed by atoms with E-state index in [9.17, 15) is 9.59 Å². The molecule has 186 valence electrons. The molecule has 10 heteroatoms. The van der Waals surface area contributed by atoms with Crippen LogP contribution in [0.15, 0.2) is 71.8 Å². The van der Waals surface area contributed by atoms with E-state index in [0.29, 0.717) is 34.8 Å². The van der Waals surface area contributed by atoms with Gasteiger partial charge in [0.1, 0.15) is 12.1 Å². The van der Waals surface area contributed by atoms with Gasteiger partial charge in [-0.2, -0.15) is 4.73 Å². The number of hydrogen-bond donors (Lipinski definition) is 1. The predicted octanol–water partition coefficient (Wildman–Crippen LogP) is 5.45. The van der Waals surface area contributed by atoms with Crippen LogP contribution in [0.2, 0.25) is 0 Å². The third kappa shape index (κ3) is 4.96. The van der Waals surface area contributed by atoms with E-state index in [0.717, 1.165) is 24.3 Å². The molecule has 37 heavy (non-hydrogen) atoms. The maximum absolute atomic E-state index is 12.9. The fourth-order valence-electron chi connectivity index (χ4n) is 4.44. The number of azide groups is 1. The van der Waals surface area contributed by atoms with Crippen molar-refractivity contribution in [2.75, 3.05) is 29.9 Å². The van der Waals surface area contributed by atoms with E-state index in [4.69, 9.17) is 15.4 Å². The van der Waals surface area contributed by atoms with Gasteiger partial charge >= 0.3 is 0 Å². The van der Waals surface area contributed by atoms with Gasteiger partial charge in [0.15, 0.2) is 5.82 Å². The molecule has 1 saturated heterocycles. The second-order valence-corrected chi connectivity index (χ2v) is 8.62. The number of nitrogens with zero attached hydrogens (tertiary/aromatic N) is 6. The van der Waals surface area contributed by atoms with Crippen LogP contribution in [0.5, 0.6) is 0 Å². The van der Waals surface area contributed by atoms with Gasteiger partial charge in [-0.15, -0.1) is 0 Å². The van der Waals surface area contributed by atoms with Gasteiger partial charge in [0.05, 0.1) is 5.52 Å². The molecule has 0 aliphatic carbocycles. The first-order chi connectivity index (χ1) is 18.1. The Kier molecular flexibility index (Phi) is 6.74. The summed E-state index contributed by atoms with van der Waals surface area (Å²) in [4.78, 5) is 40.1. The monoisotopic (exact) mass is 495 g/mol. The average molecular weight is 496 g/mol. The average Bonchev–Trinajstić information content (AvgIpc) is 3.58. The van der Waals surface area contributed by atoms with Crippen molar-refractivity contribution in [3.8, 4) is 11.4 Å². The number of carbonyl (C=O) groups excluding carboxylic acids is 2. The normalized spacial score (nSPS) is 12.8. The first kappa shape index (κ1) is 23.9. The zero-order chi connectivity index (χ0) is 25.8. The summed E-state index contributed by atoms with van der Waals surface area (Å²) in [5.74, 6) is -0.309. The largest absolute Gasteiger partial charge is 0.412 e. The lowest BCUT2D eigenvalue weighted by molar-refractivity contribution is 0.0997. The number of hydrogen-bond acceptors (Lipinski definition) is 5. The van der Waals surface area contributed by atoms with Crippen molar-refractivity contribution in [1.29, 1.82) is 0 Å². The highest BCUT2D eigenvalue weighted by molar-refractivity contribution is 6.05. The van der Waals surface area contributed by atoms with Gasteiger partial charge in [-0.1, -0.05) is 24.3 Å². The van der Waals surface area contributed by atoms with Crippen molar-refractivity contribution in [1.82, 2.24) is 9.71 Å². The maximum Gasteiger partial charge on any atom is 0.255 e. The molecule has 0 unspecified atom stereocenters. The summed E-state index contributed by atoms with van der Waals surface area (Å²) in [6.45, 7) is 4.40. The standard InChI is InChI=1S/C27H25N7O3/c1-2-37-34-24-14-11-21(29-26(35)19-9-12-22(13-10-19)33-15-3-4-16-33)17-23(24)30-25(34)18-5-7-20(8-6-18)27(36)31-32-28/h5-14,17H,2-4,15-16H2,1H3,(H,29,35). The van der Waals surface area contributed by atoms with Crippen molar-refractivity contribution >= 4 is 34.2 Å². The number of carbonyl (C=O) groups is 2. The van der Waals surface area contributed by atoms with Crippen LogP contribution in [-0.4, -0.2) is 41.2 Å². The Labute approximate surface area is 213 Å². The number of benzene rings is 3. The first-order valence-electron chi connectivity index (χ1n) is 12.1. The molecular formula is C27H25N7O3. The Hall–Kier alpha value is -4.82. The summed E-state index contributed by atoms with van der Waals surface area (Å²) < 4.78 is 1.63. The number of fused-ring (bicyclic) bond motifs is 1. The smallest absolute Gasteiger partial charge is 0.255 e. The third-order valence-electron chi connectivity index (χ3n) is 6.26. The Morgan fingerprint density at radius 1 is 1.03 bits per heavy atom. The SMILES string of the molecule is CCOn1c(-c2ccc(C(=O)N=[N+]=[N-])cc2)nc2cc(NC(=O)c3ccc(N4CCCC4)cc3)ccc21.